The van der Waals surface area contributed by atoms with Crippen molar-refractivity contribution in [3.05, 3.63) is 95.8 Å². The number of nitrogens with one attached hydrogen (secondary N) is 3. The normalized spacial score (nSPS) is 12.8. The molecule has 19 heteroatoms. The Hall–Kier alpha value is -6.50. The third-order valence-corrected chi connectivity index (χ3v) is 9.88. The van der Waals surface area contributed by atoms with Gasteiger partial charge in [0.1, 0.15) is 30.0 Å². The van der Waals surface area contributed by atoms with E-state index in [1.807, 2.05) is 19.9 Å². The quantitative estimate of drug-likeness (QED) is 0.0306. The highest BCUT2D eigenvalue weighted by Crippen LogP contribution is 2.21. The molecule has 0 radical (unpaired) electrons. The summed E-state index contributed by atoms with van der Waals surface area (Å²) >= 11 is 1.17. The second-order valence-corrected chi connectivity index (χ2v) is 15.4. The molecule has 322 valence electrons. The van der Waals surface area contributed by atoms with Gasteiger partial charge in [0, 0.05) is 31.2 Å². The Balaban J connectivity index is 2.00. The van der Waals surface area contributed by atoms with Crippen molar-refractivity contribution in [3.63, 3.8) is 0 Å². The fraction of sp³-hybridized carbons (Fsp3) is 0.366. The lowest BCUT2D eigenvalue weighted by atomic mass is 9.99. The molecule has 0 saturated heterocycles. The van der Waals surface area contributed by atoms with Gasteiger partial charge >= 0.3 is 0 Å². The van der Waals surface area contributed by atoms with Crippen LogP contribution in [-0.2, 0) is 41.6 Å². The number of nitrogens with two attached hydrogens (primary N) is 5. The molecule has 0 spiro atoms. The number of hydrogen-bond acceptors (Lipinski definition) is 9. The molecule has 0 bridgehead atoms. The van der Waals surface area contributed by atoms with E-state index in [9.17, 15) is 33.2 Å². The van der Waals surface area contributed by atoms with Crippen molar-refractivity contribution in [2.45, 2.75) is 81.9 Å². The third kappa shape index (κ3) is 16.4. The highest BCUT2D eigenvalue weighted by molar-refractivity contribution is 8.00. The fourth-order valence-corrected chi connectivity index (χ4v) is 6.83. The van der Waals surface area contributed by atoms with E-state index in [4.69, 9.17) is 28.7 Å². The van der Waals surface area contributed by atoms with Crippen LogP contribution in [0, 0.1) is 11.7 Å². The number of amides is 6. The van der Waals surface area contributed by atoms with Crippen LogP contribution < -0.4 is 44.6 Å². The van der Waals surface area contributed by atoms with E-state index in [0.29, 0.717) is 23.2 Å². The number of guanidine groups is 2. The van der Waals surface area contributed by atoms with E-state index in [2.05, 4.69) is 25.9 Å². The zero-order valence-corrected chi connectivity index (χ0v) is 34.6. The maximum atomic E-state index is 14.5. The molecule has 13 N–H and O–H groups in total. The SMILES string of the molecule is CC(=O)N(C(=O)CSc1ccccc1)[C@@H](Cc1ccc(F)cc1)C(=O)N[C@@H](Cc1ccc(N=C(N)N)cc1)C(=O)N[C@@H](CC(C)C)C(=O)N[C@@H](CCCN=C(N)N)C(N)=O. The summed E-state index contributed by atoms with van der Waals surface area (Å²) in [5.41, 5.74) is 28.8. The second kappa shape index (κ2) is 23.8. The van der Waals surface area contributed by atoms with E-state index < -0.39 is 65.4 Å². The van der Waals surface area contributed by atoms with E-state index in [0.717, 1.165) is 16.7 Å². The van der Waals surface area contributed by atoms with Crippen LogP contribution in [0.15, 0.2) is 93.7 Å². The van der Waals surface area contributed by atoms with Crippen molar-refractivity contribution in [3.8, 4) is 0 Å². The van der Waals surface area contributed by atoms with Crippen molar-refractivity contribution in [2.24, 2.45) is 44.6 Å². The number of thioether (sulfide) groups is 1. The first kappa shape index (κ1) is 47.9. The summed E-state index contributed by atoms with van der Waals surface area (Å²) in [6.45, 7) is 4.99. The van der Waals surface area contributed by atoms with Gasteiger partial charge in [-0.2, -0.15) is 0 Å². The number of imide groups is 1. The van der Waals surface area contributed by atoms with Gasteiger partial charge in [-0.1, -0.05) is 56.3 Å². The summed E-state index contributed by atoms with van der Waals surface area (Å²) in [4.78, 5) is 91.3. The minimum atomic E-state index is -1.48. The lowest BCUT2D eigenvalue weighted by Gasteiger charge is -2.31. The Morgan fingerprint density at radius 1 is 0.717 bits per heavy atom. The predicted octanol–water partition coefficient (Wildman–Crippen LogP) is 1.09. The summed E-state index contributed by atoms with van der Waals surface area (Å²) in [6, 6.07) is 15.5. The van der Waals surface area contributed by atoms with Crippen LogP contribution in [0.1, 0.15) is 51.2 Å². The summed E-state index contributed by atoms with van der Waals surface area (Å²) in [5, 5.41) is 8.06. The number of halogens is 1. The molecule has 0 aliphatic carbocycles. The molecule has 3 aromatic carbocycles. The summed E-state index contributed by atoms with van der Waals surface area (Å²) in [5.74, 6) is -5.75. The summed E-state index contributed by atoms with van der Waals surface area (Å²) < 4.78 is 13.9. The van der Waals surface area contributed by atoms with Crippen molar-refractivity contribution in [1.29, 1.82) is 0 Å². The van der Waals surface area contributed by atoms with E-state index in [1.54, 1.807) is 48.5 Å². The molecule has 0 saturated carbocycles. The molecule has 60 heavy (non-hydrogen) atoms. The monoisotopic (exact) mass is 847 g/mol. The van der Waals surface area contributed by atoms with Crippen LogP contribution >= 0.6 is 11.8 Å². The lowest BCUT2D eigenvalue weighted by Crippen LogP contribution is -2.60. The van der Waals surface area contributed by atoms with Gasteiger partial charge in [0.2, 0.25) is 35.4 Å². The smallest absolute Gasteiger partial charge is 0.244 e. The maximum Gasteiger partial charge on any atom is 0.244 e. The Morgan fingerprint density at radius 3 is 1.85 bits per heavy atom. The number of carbonyl (C=O) groups is 6. The highest BCUT2D eigenvalue weighted by atomic mass is 32.2. The Labute approximate surface area is 352 Å². The third-order valence-electron chi connectivity index (χ3n) is 8.88. The Morgan fingerprint density at radius 2 is 1.28 bits per heavy atom. The van der Waals surface area contributed by atoms with Crippen LogP contribution in [0.5, 0.6) is 0 Å². The molecule has 0 heterocycles. The number of benzene rings is 3. The molecular weight excluding hydrogens is 794 g/mol. The molecule has 0 unspecified atom stereocenters. The number of primary amides is 1. The Bertz CT molecular complexity index is 1990. The van der Waals surface area contributed by atoms with Crippen molar-refractivity contribution in [1.82, 2.24) is 20.9 Å². The first-order valence-electron chi connectivity index (χ1n) is 19.1. The topological polar surface area (TPSA) is 297 Å². The number of rotatable bonds is 22. The predicted molar refractivity (Wildman–Crippen MR) is 229 cm³/mol. The molecular formula is C41H54FN11O6S. The number of carbonyl (C=O) groups excluding carboxylic acids is 6. The molecule has 3 aromatic rings. The zero-order chi connectivity index (χ0) is 44.4. The van der Waals surface area contributed by atoms with Crippen molar-refractivity contribution in [2.75, 3.05) is 12.3 Å². The highest BCUT2D eigenvalue weighted by Gasteiger charge is 2.36. The maximum absolute atomic E-state index is 14.5. The fourth-order valence-electron chi connectivity index (χ4n) is 6.05. The van der Waals surface area contributed by atoms with Gasteiger partial charge < -0.3 is 44.6 Å². The van der Waals surface area contributed by atoms with Gasteiger partial charge in [0.15, 0.2) is 11.9 Å². The summed E-state index contributed by atoms with van der Waals surface area (Å²) in [7, 11) is 0. The Kier molecular flexibility index (Phi) is 19.0. The molecule has 0 aromatic heterocycles. The van der Waals surface area contributed by atoms with Gasteiger partial charge in [-0.3, -0.25) is 38.7 Å². The van der Waals surface area contributed by atoms with Gasteiger partial charge in [-0.05, 0) is 72.7 Å². The van der Waals surface area contributed by atoms with Gasteiger partial charge in [-0.25, -0.2) is 9.38 Å². The van der Waals surface area contributed by atoms with Crippen molar-refractivity contribution >= 4 is 64.8 Å². The van der Waals surface area contributed by atoms with Crippen LogP contribution in [0.25, 0.3) is 0 Å². The first-order chi connectivity index (χ1) is 28.4. The van der Waals surface area contributed by atoms with Crippen molar-refractivity contribution < 1.29 is 33.2 Å². The van der Waals surface area contributed by atoms with E-state index in [1.165, 1.54) is 36.0 Å². The second-order valence-electron chi connectivity index (χ2n) is 14.3. The van der Waals surface area contributed by atoms with Crippen LogP contribution in [0.3, 0.4) is 0 Å². The largest absolute Gasteiger partial charge is 0.370 e. The number of nitrogens with zero attached hydrogens (tertiary/aromatic N) is 3. The average Bonchev–Trinajstić information content (AvgIpc) is 3.18. The van der Waals surface area contributed by atoms with Crippen LogP contribution in [0.2, 0.25) is 0 Å². The molecule has 6 amide bonds. The molecule has 0 aliphatic heterocycles. The standard InChI is InChI=1S/C41H54FN11O6S/c1-24(2)20-32(37(57)50-31(36(43)56)10-7-19-48-40(44)45)51-38(58)33(21-26-13-17-29(18-14-26)49-41(46)47)52-39(59)34(22-27-11-15-28(42)16-12-27)53(25(3)54)35(55)23-60-30-8-5-4-6-9-30/h4-6,8-9,11-18,24,31-34H,7,10,19-23H2,1-3H3,(H2,43,56)(H,50,57)(H,51,58)(H,52,59)(H4,44,45,48)(H4,46,47,49)/t31-,32-,33-,34-/m0/s1. The van der Waals surface area contributed by atoms with E-state index >= 15 is 0 Å². The molecule has 3 rings (SSSR count). The minimum Gasteiger partial charge on any atom is -0.370 e. The first-order valence-corrected chi connectivity index (χ1v) is 20.1. The number of aliphatic imine (C=N–C) groups is 2. The zero-order valence-electron chi connectivity index (χ0n) is 33.8. The number of hydrogen-bond donors (Lipinski definition) is 8. The van der Waals surface area contributed by atoms with Gasteiger partial charge in [-0.15, -0.1) is 11.8 Å². The lowest BCUT2D eigenvalue weighted by molar-refractivity contribution is -0.150. The molecule has 0 aliphatic rings. The van der Waals surface area contributed by atoms with Gasteiger partial charge in [0.05, 0.1) is 11.4 Å². The summed E-state index contributed by atoms with van der Waals surface area (Å²) in [6.07, 6.45) is 0.201. The molecule has 17 nitrogen and oxygen atoms in total. The molecule has 0 fully saturated rings. The minimum absolute atomic E-state index is 0.111. The van der Waals surface area contributed by atoms with Crippen LogP contribution in [-0.4, -0.2) is 88.7 Å². The van der Waals surface area contributed by atoms with Gasteiger partial charge in [0.25, 0.3) is 0 Å². The van der Waals surface area contributed by atoms with E-state index in [-0.39, 0.29) is 55.8 Å². The average molecular weight is 848 g/mol. The molecule has 4 atom stereocenters. The van der Waals surface area contributed by atoms with Crippen LogP contribution in [0.4, 0.5) is 10.1 Å².